The van der Waals surface area contributed by atoms with Crippen molar-refractivity contribution < 1.29 is 4.74 Å². The van der Waals surface area contributed by atoms with E-state index in [1.165, 1.54) is 0 Å². The smallest absolute Gasteiger partial charge is 0.169 e. The lowest BCUT2D eigenvalue weighted by Gasteiger charge is -2.15. The highest BCUT2D eigenvalue weighted by Gasteiger charge is 2.07. The van der Waals surface area contributed by atoms with Gasteiger partial charge in [-0.05, 0) is 32.9 Å². The molecule has 0 aromatic carbocycles. The predicted octanol–water partition coefficient (Wildman–Crippen LogP) is 2.30. The second-order valence-corrected chi connectivity index (χ2v) is 3.55. The maximum Gasteiger partial charge on any atom is 0.169 e. The number of hydrogen-bond donors (Lipinski definition) is 1. The lowest BCUT2D eigenvalue weighted by molar-refractivity contribution is 0.243. The van der Waals surface area contributed by atoms with Gasteiger partial charge in [0.05, 0.1) is 12.1 Å². The summed E-state index contributed by atoms with van der Waals surface area (Å²) in [5.41, 5.74) is 0. The normalized spacial score (nSPS) is 11.9. The van der Waals surface area contributed by atoms with Crippen LogP contribution in [0.2, 0.25) is 0 Å². The first-order valence-electron chi connectivity index (χ1n) is 4.98. The molecule has 0 amide bonds. The number of anilines is 1. The number of nitrogens with zero attached hydrogens (tertiary/aromatic N) is 1. The van der Waals surface area contributed by atoms with Gasteiger partial charge in [0.25, 0.3) is 0 Å². The first-order chi connectivity index (χ1) is 7.13. The van der Waals surface area contributed by atoms with E-state index in [1.807, 2.05) is 32.9 Å². The van der Waals surface area contributed by atoms with Gasteiger partial charge in [0.1, 0.15) is 0 Å². The molecule has 3 heteroatoms. The van der Waals surface area contributed by atoms with E-state index in [0.717, 1.165) is 5.75 Å². The van der Waals surface area contributed by atoms with Crippen molar-refractivity contribution in [3.63, 3.8) is 0 Å². The summed E-state index contributed by atoms with van der Waals surface area (Å²) in [6.07, 6.45) is 7.12. The van der Waals surface area contributed by atoms with Crippen LogP contribution < -0.4 is 10.1 Å². The van der Waals surface area contributed by atoms with E-state index in [0.29, 0.717) is 5.82 Å². The number of hydrogen-bond acceptors (Lipinski definition) is 3. The molecule has 1 N–H and O–H groups in total. The van der Waals surface area contributed by atoms with Crippen LogP contribution in [0.15, 0.2) is 18.3 Å². The summed E-state index contributed by atoms with van der Waals surface area (Å²) in [4.78, 5) is 4.19. The first kappa shape index (κ1) is 11.4. The van der Waals surface area contributed by atoms with Crippen molar-refractivity contribution in [3.8, 4) is 18.1 Å². The Hall–Kier alpha value is -1.69. The highest BCUT2D eigenvalue weighted by atomic mass is 16.5. The minimum absolute atomic E-state index is 0.0607. The fourth-order valence-corrected chi connectivity index (χ4v) is 1.09. The zero-order valence-electron chi connectivity index (χ0n) is 9.32. The minimum atomic E-state index is -0.0607. The third-order valence-electron chi connectivity index (χ3n) is 1.74. The summed E-state index contributed by atoms with van der Waals surface area (Å²) in [6, 6.07) is 3.65. The average molecular weight is 204 g/mol. The second-order valence-electron chi connectivity index (χ2n) is 3.55. The van der Waals surface area contributed by atoms with E-state index in [4.69, 9.17) is 11.2 Å². The van der Waals surface area contributed by atoms with Gasteiger partial charge in [-0.25, -0.2) is 4.98 Å². The van der Waals surface area contributed by atoms with Crippen molar-refractivity contribution in [2.75, 3.05) is 5.32 Å². The Balaban J connectivity index is 2.82. The molecular weight excluding hydrogens is 188 g/mol. The van der Waals surface area contributed by atoms with Gasteiger partial charge in [-0.3, -0.25) is 0 Å². The van der Waals surface area contributed by atoms with Gasteiger partial charge in [0.15, 0.2) is 11.6 Å². The van der Waals surface area contributed by atoms with Gasteiger partial charge >= 0.3 is 0 Å². The lowest BCUT2D eigenvalue weighted by Crippen LogP contribution is -2.15. The number of rotatable bonds is 4. The molecule has 0 bridgehead atoms. The largest absolute Gasteiger partial charge is 0.487 e. The Morgan fingerprint density at radius 3 is 2.80 bits per heavy atom. The van der Waals surface area contributed by atoms with Crippen LogP contribution in [0.5, 0.6) is 5.75 Å². The third kappa shape index (κ3) is 3.51. The Kier molecular flexibility index (Phi) is 3.99. The van der Waals surface area contributed by atoms with Crippen LogP contribution >= 0.6 is 0 Å². The van der Waals surface area contributed by atoms with E-state index in [2.05, 4.69) is 16.2 Å². The zero-order chi connectivity index (χ0) is 11.3. The molecule has 15 heavy (non-hydrogen) atoms. The molecule has 3 nitrogen and oxygen atoms in total. The Morgan fingerprint density at radius 1 is 1.47 bits per heavy atom. The highest BCUT2D eigenvalue weighted by Crippen LogP contribution is 2.22. The maximum atomic E-state index is 5.60. The highest BCUT2D eigenvalue weighted by molar-refractivity contribution is 5.51. The van der Waals surface area contributed by atoms with E-state index in [9.17, 15) is 0 Å². The molecule has 0 spiro atoms. The van der Waals surface area contributed by atoms with Crippen molar-refractivity contribution in [1.29, 1.82) is 0 Å². The standard InChI is InChI=1S/C12H16N2O/c1-5-10(4)14-12-11(15-9(2)3)7-6-8-13-12/h1,6-10H,2-4H3,(H,13,14). The number of pyridine rings is 1. The molecule has 0 aliphatic rings. The third-order valence-corrected chi connectivity index (χ3v) is 1.74. The summed E-state index contributed by atoms with van der Waals surface area (Å²) in [6.45, 7) is 5.84. The number of aromatic nitrogens is 1. The predicted molar refractivity (Wildman–Crippen MR) is 61.9 cm³/mol. The fraction of sp³-hybridized carbons (Fsp3) is 0.417. The molecular formula is C12H16N2O. The van der Waals surface area contributed by atoms with Crippen LogP contribution in [0, 0.1) is 12.3 Å². The number of ether oxygens (including phenoxy) is 1. The van der Waals surface area contributed by atoms with Gasteiger partial charge in [-0.1, -0.05) is 5.92 Å². The summed E-state index contributed by atoms with van der Waals surface area (Å²) in [5, 5.41) is 3.09. The molecule has 0 saturated heterocycles. The Morgan fingerprint density at radius 2 is 2.20 bits per heavy atom. The van der Waals surface area contributed by atoms with Gasteiger partial charge in [-0.15, -0.1) is 6.42 Å². The molecule has 1 atom stereocenters. The molecule has 0 aliphatic carbocycles. The summed E-state index contributed by atoms with van der Waals surface area (Å²) < 4.78 is 5.60. The van der Waals surface area contributed by atoms with Crippen LogP contribution in [-0.2, 0) is 0 Å². The SMILES string of the molecule is C#CC(C)Nc1ncccc1OC(C)C. The zero-order valence-corrected chi connectivity index (χ0v) is 9.32. The van der Waals surface area contributed by atoms with E-state index in [-0.39, 0.29) is 12.1 Å². The number of terminal acetylenes is 1. The van der Waals surface area contributed by atoms with Crippen LogP contribution in [0.4, 0.5) is 5.82 Å². The Labute approximate surface area is 90.9 Å². The average Bonchev–Trinajstić information content (AvgIpc) is 2.20. The van der Waals surface area contributed by atoms with E-state index >= 15 is 0 Å². The van der Waals surface area contributed by atoms with Gasteiger partial charge in [-0.2, -0.15) is 0 Å². The lowest BCUT2D eigenvalue weighted by atomic mass is 10.3. The van der Waals surface area contributed by atoms with Crippen LogP contribution in [0.1, 0.15) is 20.8 Å². The topological polar surface area (TPSA) is 34.2 Å². The van der Waals surface area contributed by atoms with Crippen LogP contribution in [-0.4, -0.2) is 17.1 Å². The van der Waals surface area contributed by atoms with E-state index < -0.39 is 0 Å². The molecule has 0 aliphatic heterocycles. The van der Waals surface area contributed by atoms with Crippen molar-refractivity contribution in [2.45, 2.75) is 32.9 Å². The first-order valence-corrected chi connectivity index (χ1v) is 4.98. The molecule has 80 valence electrons. The van der Waals surface area contributed by atoms with Crippen LogP contribution in [0.3, 0.4) is 0 Å². The van der Waals surface area contributed by atoms with Crippen molar-refractivity contribution in [1.82, 2.24) is 4.98 Å². The summed E-state index contributed by atoms with van der Waals surface area (Å²) >= 11 is 0. The molecule has 1 rings (SSSR count). The van der Waals surface area contributed by atoms with Crippen molar-refractivity contribution in [3.05, 3.63) is 18.3 Å². The Bertz CT molecular complexity index is 355. The van der Waals surface area contributed by atoms with E-state index in [1.54, 1.807) is 6.20 Å². The molecule has 0 fully saturated rings. The summed E-state index contributed by atoms with van der Waals surface area (Å²) in [7, 11) is 0. The van der Waals surface area contributed by atoms with Gasteiger partial charge in [0, 0.05) is 6.20 Å². The maximum absolute atomic E-state index is 5.60. The monoisotopic (exact) mass is 204 g/mol. The minimum Gasteiger partial charge on any atom is -0.487 e. The molecule has 1 aromatic heterocycles. The van der Waals surface area contributed by atoms with Crippen molar-refractivity contribution >= 4 is 5.82 Å². The van der Waals surface area contributed by atoms with Crippen molar-refractivity contribution in [2.24, 2.45) is 0 Å². The molecule has 1 unspecified atom stereocenters. The molecule has 1 heterocycles. The van der Waals surface area contributed by atoms with Crippen LogP contribution in [0.25, 0.3) is 0 Å². The fourth-order valence-electron chi connectivity index (χ4n) is 1.09. The summed E-state index contributed by atoms with van der Waals surface area (Å²) in [5.74, 6) is 4.01. The molecule has 0 radical (unpaired) electrons. The van der Waals surface area contributed by atoms with Gasteiger partial charge in [0.2, 0.25) is 0 Å². The molecule has 1 aromatic rings. The quantitative estimate of drug-likeness (QED) is 0.764. The number of nitrogens with one attached hydrogen (secondary N) is 1. The van der Waals surface area contributed by atoms with Gasteiger partial charge < -0.3 is 10.1 Å². The molecule has 0 saturated carbocycles. The second kappa shape index (κ2) is 5.26.